The lowest BCUT2D eigenvalue weighted by molar-refractivity contribution is -0.0128. The smallest absolute Gasteiger partial charge is 0.264 e. The van der Waals surface area contributed by atoms with Crippen molar-refractivity contribution in [1.82, 2.24) is 25.3 Å². The summed E-state index contributed by atoms with van der Waals surface area (Å²) in [4.78, 5) is 1.93. The maximum Gasteiger partial charge on any atom is 0.264 e. The third-order valence-electron chi connectivity index (χ3n) is 6.40. The Bertz CT molecular complexity index is 1100. The normalized spacial score (nSPS) is 24.3. The van der Waals surface area contributed by atoms with Gasteiger partial charge in [0.05, 0.1) is 17.9 Å². The number of aryl methyl sites for hydroxylation is 1. The van der Waals surface area contributed by atoms with Crippen molar-refractivity contribution in [1.29, 1.82) is 0 Å². The van der Waals surface area contributed by atoms with Gasteiger partial charge in [0.25, 0.3) is 5.92 Å². The van der Waals surface area contributed by atoms with Crippen LogP contribution in [0.15, 0.2) is 42.7 Å². The predicted octanol–water partition coefficient (Wildman–Crippen LogP) is 3.21. The Morgan fingerprint density at radius 3 is 2.65 bits per heavy atom. The van der Waals surface area contributed by atoms with Gasteiger partial charge in [0.1, 0.15) is 5.75 Å². The molecule has 9 heteroatoms. The highest BCUT2D eigenvalue weighted by molar-refractivity contribution is 5.73. The molecule has 2 saturated heterocycles. The molecule has 0 amide bonds. The van der Waals surface area contributed by atoms with Gasteiger partial charge in [0, 0.05) is 49.9 Å². The molecule has 162 valence electrons. The maximum absolute atomic E-state index is 14.0. The molecule has 0 radical (unpaired) electrons. The lowest BCUT2D eigenvalue weighted by Crippen LogP contribution is -2.49. The van der Waals surface area contributed by atoms with Gasteiger partial charge in [-0.15, -0.1) is 10.2 Å². The highest BCUT2D eigenvalue weighted by Crippen LogP contribution is 2.41. The highest BCUT2D eigenvalue weighted by Gasteiger charge is 2.53. The van der Waals surface area contributed by atoms with E-state index in [4.69, 9.17) is 0 Å². The quantitative estimate of drug-likeness (QED) is 0.667. The summed E-state index contributed by atoms with van der Waals surface area (Å²) in [5.41, 5.74) is 2.89. The largest absolute Gasteiger partial charge is 0.507 e. The lowest BCUT2D eigenvalue weighted by Gasteiger charge is -2.36. The van der Waals surface area contributed by atoms with Crippen LogP contribution in [0.25, 0.3) is 22.4 Å². The molecule has 5 rings (SSSR count). The van der Waals surface area contributed by atoms with Crippen molar-refractivity contribution >= 4 is 5.82 Å². The number of aromatic hydroxyl groups is 1. The number of halogens is 2. The average Bonchev–Trinajstić information content (AvgIpc) is 3.27. The summed E-state index contributed by atoms with van der Waals surface area (Å²) in [6.45, 7) is 0. The predicted molar refractivity (Wildman–Crippen MR) is 113 cm³/mol. The number of nitrogens with zero attached hydrogens (tertiary/aromatic N) is 5. The molecule has 2 aliphatic heterocycles. The summed E-state index contributed by atoms with van der Waals surface area (Å²) >= 11 is 0. The number of phenols is 1. The van der Waals surface area contributed by atoms with E-state index in [-0.39, 0.29) is 24.3 Å². The van der Waals surface area contributed by atoms with Crippen LogP contribution in [-0.4, -0.2) is 56.2 Å². The molecule has 0 unspecified atom stereocenters. The van der Waals surface area contributed by atoms with E-state index >= 15 is 0 Å². The molecule has 4 heterocycles. The minimum absolute atomic E-state index is 0.0167. The molecule has 0 spiro atoms. The van der Waals surface area contributed by atoms with Crippen LogP contribution in [0.4, 0.5) is 14.6 Å². The minimum atomic E-state index is -2.64. The monoisotopic (exact) mass is 426 g/mol. The molecule has 1 aromatic carbocycles. The van der Waals surface area contributed by atoms with E-state index in [1.807, 2.05) is 37.3 Å². The standard InChI is InChI=1S/C22H24F2N6O/c1-29-12-14(11-25-29)13-3-4-17(19(31)7-13)18-5-6-21(28-27-18)30(2)16-8-15-10-22(23,24)20(9-16)26-15/h3-7,11-12,15-16,20,26,31H,8-10H2,1-2H3/t15-,16+,20+/m0/s1. The summed E-state index contributed by atoms with van der Waals surface area (Å²) in [6, 6.07) is 8.04. The SMILES string of the molecule is CN(c1ccc(-c2ccc(-c3cnn(C)c3)cc2O)nn1)[C@@H]1C[C@H]2CC(F)(F)[C@@H](C1)N2. The van der Waals surface area contributed by atoms with Crippen molar-refractivity contribution in [3.8, 4) is 28.1 Å². The van der Waals surface area contributed by atoms with E-state index in [1.165, 1.54) is 0 Å². The number of hydrogen-bond acceptors (Lipinski definition) is 6. The number of aromatic nitrogens is 4. The van der Waals surface area contributed by atoms with Gasteiger partial charge < -0.3 is 15.3 Å². The van der Waals surface area contributed by atoms with Gasteiger partial charge in [-0.3, -0.25) is 4.68 Å². The van der Waals surface area contributed by atoms with Crippen molar-refractivity contribution in [2.45, 2.75) is 43.3 Å². The summed E-state index contributed by atoms with van der Waals surface area (Å²) in [5, 5.41) is 26.3. The molecular weight excluding hydrogens is 402 g/mol. The molecule has 31 heavy (non-hydrogen) atoms. The molecule has 3 aromatic rings. The molecule has 2 aliphatic rings. The summed E-state index contributed by atoms with van der Waals surface area (Å²) < 4.78 is 29.7. The maximum atomic E-state index is 14.0. The second-order valence-corrected chi connectivity index (χ2v) is 8.53. The average molecular weight is 426 g/mol. The van der Waals surface area contributed by atoms with Crippen LogP contribution in [0, 0.1) is 0 Å². The Balaban J connectivity index is 1.33. The Morgan fingerprint density at radius 2 is 2.00 bits per heavy atom. The Hall–Kier alpha value is -3.07. The first kappa shape index (κ1) is 19.9. The van der Waals surface area contributed by atoms with Crippen LogP contribution in [0.3, 0.4) is 0 Å². The fraction of sp³-hybridized carbons (Fsp3) is 0.409. The van der Waals surface area contributed by atoms with Crippen LogP contribution in [0.2, 0.25) is 0 Å². The summed E-state index contributed by atoms with van der Waals surface area (Å²) in [7, 11) is 3.71. The third kappa shape index (κ3) is 3.63. The number of fused-ring (bicyclic) bond motifs is 2. The van der Waals surface area contributed by atoms with Crippen molar-refractivity contribution in [2.24, 2.45) is 7.05 Å². The first-order chi connectivity index (χ1) is 14.8. The van der Waals surface area contributed by atoms with Crippen molar-refractivity contribution < 1.29 is 13.9 Å². The number of benzene rings is 1. The van der Waals surface area contributed by atoms with Gasteiger partial charge >= 0.3 is 0 Å². The number of piperidine rings is 1. The van der Waals surface area contributed by atoms with E-state index in [9.17, 15) is 13.9 Å². The Morgan fingerprint density at radius 1 is 1.16 bits per heavy atom. The molecule has 0 saturated carbocycles. The number of rotatable bonds is 4. The minimum Gasteiger partial charge on any atom is -0.507 e. The fourth-order valence-electron chi connectivity index (χ4n) is 4.68. The van der Waals surface area contributed by atoms with Crippen LogP contribution >= 0.6 is 0 Å². The molecule has 0 aliphatic carbocycles. The van der Waals surface area contributed by atoms with Gasteiger partial charge in [0.15, 0.2) is 5.82 Å². The number of phenolic OH excluding ortho intramolecular Hbond substituents is 1. The molecule has 2 bridgehead atoms. The first-order valence-electron chi connectivity index (χ1n) is 10.3. The molecule has 7 nitrogen and oxygen atoms in total. The second-order valence-electron chi connectivity index (χ2n) is 8.53. The van der Waals surface area contributed by atoms with E-state index in [0.717, 1.165) is 11.1 Å². The lowest BCUT2D eigenvalue weighted by atomic mass is 9.98. The topological polar surface area (TPSA) is 79.1 Å². The van der Waals surface area contributed by atoms with E-state index < -0.39 is 12.0 Å². The fourth-order valence-corrected chi connectivity index (χ4v) is 4.68. The molecule has 2 N–H and O–H groups in total. The number of anilines is 1. The van der Waals surface area contributed by atoms with Crippen LogP contribution in [-0.2, 0) is 7.05 Å². The zero-order chi connectivity index (χ0) is 21.8. The van der Waals surface area contributed by atoms with Gasteiger partial charge in [0.2, 0.25) is 0 Å². The van der Waals surface area contributed by atoms with E-state index in [0.29, 0.717) is 29.9 Å². The number of hydrogen-bond donors (Lipinski definition) is 2. The second kappa shape index (κ2) is 7.26. The van der Waals surface area contributed by atoms with Gasteiger partial charge in [-0.2, -0.15) is 5.10 Å². The van der Waals surface area contributed by atoms with Crippen molar-refractivity contribution in [2.75, 3.05) is 11.9 Å². The van der Waals surface area contributed by atoms with Crippen LogP contribution in [0.1, 0.15) is 19.3 Å². The zero-order valence-corrected chi connectivity index (χ0v) is 17.3. The van der Waals surface area contributed by atoms with Crippen LogP contribution < -0.4 is 10.2 Å². The van der Waals surface area contributed by atoms with Crippen LogP contribution in [0.5, 0.6) is 5.75 Å². The molecule has 2 fully saturated rings. The summed E-state index contributed by atoms with van der Waals surface area (Å²) in [6.07, 6.45) is 4.55. The Labute approximate surface area is 178 Å². The Kier molecular flexibility index (Phi) is 4.65. The summed E-state index contributed by atoms with van der Waals surface area (Å²) in [5.74, 6) is -1.91. The molecular formula is C22H24F2N6O. The zero-order valence-electron chi connectivity index (χ0n) is 17.3. The highest BCUT2D eigenvalue weighted by atomic mass is 19.3. The molecule has 2 aromatic heterocycles. The van der Waals surface area contributed by atoms with E-state index in [2.05, 4.69) is 20.6 Å². The van der Waals surface area contributed by atoms with Crippen molar-refractivity contribution in [3.05, 3.63) is 42.7 Å². The van der Waals surface area contributed by atoms with Gasteiger partial charge in [-0.1, -0.05) is 6.07 Å². The number of nitrogens with one attached hydrogen (secondary N) is 1. The van der Waals surface area contributed by atoms with E-state index in [1.54, 1.807) is 29.1 Å². The van der Waals surface area contributed by atoms with Gasteiger partial charge in [-0.25, -0.2) is 8.78 Å². The first-order valence-corrected chi connectivity index (χ1v) is 10.3. The molecule has 3 atom stereocenters. The van der Waals surface area contributed by atoms with Crippen molar-refractivity contribution in [3.63, 3.8) is 0 Å². The third-order valence-corrected chi connectivity index (χ3v) is 6.40. The number of alkyl halides is 2. The van der Waals surface area contributed by atoms with Gasteiger partial charge in [-0.05, 0) is 42.7 Å².